The van der Waals surface area contributed by atoms with Gasteiger partial charge in [0.25, 0.3) is 0 Å². The Morgan fingerprint density at radius 1 is 1.59 bits per heavy atom. The Morgan fingerprint density at radius 3 is 2.94 bits per heavy atom. The van der Waals surface area contributed by atoms with Crippen LogP contribution < -0.4 is 5.32 Å². The third kappa shape index (κ3) is 6.07. The fourth-order valence-electron chi connectivity index (χ4n) is 1.56. The van der Waals surface area contributed by atoms with E-state index in [2.05, 4.69) is 10.4 Å². The van der Waals surface area contributed by atoms with Crippen molar-refractivity contribution in [1.82, 2.24) is 15.1 Å². The highest BCUT2D eigenvalue weighted by Crippen LogP contribution is 2.08. The molecule has 0 aliphatic heterocycles. The molecule has 0 saturated carbocycles. The molecule has 0 spiro atoms. The van der Waals surface area contributed by atoms with Crippen LogP contribution in [0.1, 0.15) is 6.92 Å². The Kier molecular flexibility index (Phi) is 5.97. The van der Waals surface area contributed by atoms with E-state index in [1.165, 1.54) is 0 Å². The summed E-state index contributed by atoms with van der Waals surface area (Å²) in [6, 6.07) is 1.82. The van der Waals surface area contributed by atoms with Crippen molar-refractivity contribution in [3.8, 4) is 0 Å². The van der Waals surface area contributed by atoms with Gasteiger partial charge in [0.2, 0.25) is 0 Å². The number of nitrogens with zero attached hydrogens (tertiary/aromatic N) is 2. The zero-order valence-electron chi connectivity index (χ0n) is 10.3. The van der Waals surface area contributed by atoms with Crippen molar-refractivity contribution in [1.29, 1.82) is 0 Å². The summed E-state index contributed by atoms with van der Waals surface area (Å²) < 4.78 is 1.69. The molecule has 1 heterocycles. The molecular weight excluding hydrogens is 238 g/mol. The number of nitrogens with one attached hydrogen (secondary N) is 1. The van der Waals surface area contributed by atoms with Crippen LogP contribution in [-0.2, 0) is 6.54 Å². The van der Waals surface area contributed by atoms with Crippen molar-refractivity contribution >= 4 is 11.8 Å². The van der Waals surface area contributed by atoms with E-state index < -0.39 is 11.7 Å². The van der Waals surface area contributed by atoms with Gasteiger partial charge in [0, 0.05) is 31.2 Å². The summed E-state index contributed by atoms with van der Waals surface area (Å²) in [5.74, 6) is 0.676. The minimum atomic E-state index is -0.731. The number of rotatable bonds is 8. The van der Waals surface area contributed by atoms with Gasteiger partial charge in [0.05, 0.1) is 18.2 Å². The highest BCUT2D eigenvalue weighted by atomic mass is 32.2. The second-order valence-corrected chi connectivity index (χ2v) is 5.31. The molecule has 0 aliphatic rings. The van der Waals surface area contributed by atoms with E-state index in [1.54, 1.807) is 29.6 Å². The molecule has 0 amide bonds. The van der Waals surface area contributed by atoms with Gasteiger partial charge in [-0.05, 0) is 19.2 Å². The summed E-state index contributed by atoms with van der Waals surface area (Å²) in [4.78, 5) is 0. The van der Waals surface area contributed by atoms with Gasteiger partial charge in [-0.15, -0.1) is 0 Å². The molecule has 98 valence electrons. The predicted molar refractivity (Wildman–Crippen MR) is 70.1 cm³/mol. The number of hydrogen-bond donors (Lipinski definition) is 3. The minimum Gasteiger partial charge on any atom is -0.390 e. The number of hydrogen-bond acceptors (Lipinski definition) is 5. The van der Waals surface area contributed by atoms with E-state index in [-0.39, 0.29) is 0 Å². The average Bonchev–Trinajstić information content (AvgIpc) is 2.69. The van der Waals surface area contributed by atoms with Crippen molar-refractivity contribution in [2.24, 2.45) is 0 Å². The number of aliphatic hydroxyl groups is 2. The Hall–Kier alpha value is -0.560. The Labute approximate surface area is 106 Å². The lowest BCUT2D eigenvalue weighted by Gasteiger charge is -2.23. The molecule has 0 bridgehead atoms. The maximum absolute atomic E-state index is 9.90. The molecule has 1 aromatic heterocycles. The normalized spacial score (nSPS) is 16.7. The first-order valence-corrected chi connectivity index (χ1v) is 7.00. The van der Waals surface area contributed by atoms with Crippen LogP contribution >= 0.6 is 11.8 Å². The molecule has 17 heavy (non-hydrogen) atoms. The molecule has 6 heteroatoms. The summed E-state index contributed by atoms with van der Waals surface area (Å²) in [5, 5.41) is 26.7. The van der Waals surface area contributed by atoms with Gasteiger partial charge in [-0.1, -0.05) is 0 Å². The predicted octanol–water partition coefficient (Wildman–Crippen LogP) is -0.0524. The molecule has 5 nitrogen and oxygen atoms in total. The molecule has 1 aromatic rings. The van der Waals surface area contributed by atoms with Gasteiger partial charge >= 0.3 is 0 Å². The van der Waals surface area contributed by atoms with E-state index in [0.29, 0.717) is 25.4 Å². The van der Waals surface area contributed by atoms with E-state index in [0.717, 1.165) is 0 Å². The molecule has 3 N–H and O–H groups in total. The van der Waals surface area contributed by atoms with Crippen LogP contribution in [0.2, 0.25) is 0 Å². The van der Waals surface area contributed by atoms with E-state index in [9.17, 15) is 10.2 Å². The molecular formula is C11H21N3O2S. The van der Waals surface area contributed by atoms with Gasteiger partial charge in [-0.3, -0.25) is 4.68 Å². The van der Waals surface area contributed by atoms with Crippen LogP contribution in [0.4, 0.5) is 0 Å². The van der Waals surface area contributed by atoms with Gasteiger partial charge in [-0.25, -0.2) is 0 Å². The summed E-state index contributed by atoms with van der Waals surface area (Å²) in [6.45, 7) is 3.18. The quantitative estimate of drug-likeness (QED) is 0.610. The maximum Gasteiger partial charge on any atom is 0.0860 e. The molecule has 2 unspecified atom stereocenters. The van der Waals surface area contributed by atoms with Crippen LogP contribution in [0.15, 0.2) is 18.5 Å². The van der Waals surface area contributed by atoms with Gasteiger partial charge < -0.3 is 15.5 Å². The van der Waals surface area contributed by atoms with Crippen LogP contribution in [0, 0.1) is 0 Å². The SMILES string of the molecule is CSCC(C)(O)CNCC(O)Cn1cccn1. The van der Waals surface area contributed by atoms with Crippen molar-refractivity contribution in [3.63, 3.8) is 0 Å². The fourth-order valence-corrected chi connectivity index (χ4v) is 2.28. The number of aromatic nitrogens is 2. The van der Waals surface area contributed by atoms with Gasteiger partial charge in [-0.2, -0.15) is 16.9 Å². The molecule has 2 atom stereocenters. The zero-order valence-corrected chi connectivity index (χ0v) is 11.2. The third-order valence-corrected chi connectivity index (χ3v) is 3.21. The standard InChI is InChI=1S/C11H21N3O2S/c1-11(16,9-17-2)8-12-6-10(15)7-14-5-3-4-13-14/h3-5,10,12,15-16H,6-9H2,1-2H3. The Balaban J connectivity index is 2.18. The van der Waals surface area contributed by atoms with E-state index >= 15 is 0 Å². The maximum atomic E-state index is 9.90. The van der Waals surface area contributed by atoms with Crippen LogP contribution in [0.3, 0.4) is 0 Å². The lowest BCUT2D eigenvalue weighted by atomic mass is 10.1. The molecule has 0 aromatic carbocycles. The Bertz CT molecular complexity index is 304. The first-order chi connectivity index (χ1) is 8.03. The molecule has 0 fully saturated rings. The minimum absolute atomic E-state index is 0.449. The topological polar surface area (TPSA) is 70.3 Å². The monoisotopic (exact) mass is 259 g/mol. The van der Waals surface area contributed by atoms with Crippen molar-refractivity contribution in [2.45, 2.75) is 25.2 Å². The summed E-state index contributed by atoms with van der Waals surface area (Å²) >= 11 is 1.60. The zero-order chi connectivity index (χ0) is 12.7. The lowest BCUT2D eigenvalue weighted by molar-refractivity contribution is 0.0765. The smallest absolute Gasteiger partial charge is 0.0860 e. The third-order valence-electron chi connectivity index (χ3n) is 2.30. The second kappa shape index (κ2) is 7.00. The first kappa shape index (κ1) is 14.5. The van der Waals surface area contributed by atoms with Crippen LogP contribution in [0.5, 0.6) is 0 Å². The van der Waals surface area contributed by atoms with Crippen LogP contribution in [0.25, 0.3) is 0 Å². The molecule has 0 saturated heterocycles. The summed E-state index contributed by atoms with van der Waals surface area (Å²) in [7, 11) is 0. The largest absolute Gasteiger partial charge is 0.390 e. The number of thioether (sulfide) groups is 1. The lowest BCUT2D eigenvalue weighted by Crippen LogP contribution is -2.43. The summed E-state index contributed by atoms with van der Waals surface area (Å²) in [6.07, 6.45) is 4.96. The van der Waals surface area contributed by atoms with E-state index in [4.69, 9.17) is 0 Å². The van der Waals surface area contributed by atoms with Gasteiger partial charge in [0.1, 0.15) is 0 Å². The summed E-state index contributed by atoms with van der Waals surface area (Å²) in [5.41, 5.74) is -0.731. The van der Waals surface area contributed by atoms with Crippen molar-refractivity contribution < 1.29 is 10.2 Å². The van der Waals surface area contributed by atoms with Crippen molar-refractivity contribution in [3.05, 3.63) is 18.5 Å². The molecule has 0 aliphatic carbocycles. The van der Waals surface area contributed by atoms with Gasteiger partial charge in [0.15, 0.2) is 0 Å². The average molecular weight is 259 g/mol. The fraction of sp³-hybridized carbons (Fsp3) is 0.727. The van der Waals surface area contributed by atoms with E-state index in [1.807, 2.05) is 18.5 Å². The second-order valence-electron chi connectivity index (χ2n) is 4.44. The first-order valence-electron chi connectivity index (χ1n) is 5.61. The molecule has 1 rings (SSSR count). The Morgan fingerprint density at radius 2 is 2.35 bits per heavy atom. The van der Waals surface area contributed by atoms with Crippen LogP contribution in [-0.4, -0.2) is 56.8 Å². The molecule has 0 radical (unpaired) electrons. The highest BCUT2D eigenvalue weighted by molar-refractivity contribution is 7.98. The highest BCUT2D eigenvalue weighted by Gasteiger charge is 2.19. The van der Waals surface area contributed by atoms with Crippen molar-refractivity contribution in [2.75, 3.05) is 25.1 Å². The number of aliphatic hydroxyl groups excluding tert-OH is 1.